The van der Waals surface area contributed by atoms with Gasteiger partial charge in [0.1, 0.15) is 0 Å². The quantitative estimate of drug-likeness (QED) is 0.822. The highest BCUT2D eigenvalue weighted by molar-refractivity contribution is 8.00. The van der Waals surface area contributed by atoms with E-state index in [1.807, 2.05) is 37.4 Å². The third-order valence-corrected chi connectivity index (χ3v) is 3.75. The molecule has 0 radical (unpaired) electrons. The highest BCUT2D eigenvalue weighted by Crippen LogP contribution is 2.19. The number of rotatable bonds is 6. The minimum absolute atomic E-state index is 0. The van der Waals surface area contributed by atoms with Crippen LogP contribution in [-0.2, 0) is 4.79 Å². The maximum absolute atomic E-state index is 12.0. The van der Waals surface area contributed by atoms with Gasteiger partial charge in [0.15, 0.2) is 0 Å². The van der Waals surface area contributed by atoms with E-state index in [0.29, 0.717) is 18.8 Å². The fourth-order valence-electron chi connectivity index (χ4n) is 1.57. The fraction of sp³-hybridized carbons (Fsp3) is 0.500. The molecule has 1 rings (SSSR count). The van der Waals surface area contributed by atoms with Gasteiger partial charge in [0.2, 0.25) is 5.91 Å². The van der Waals surface area contributed by atoms with Gasteiger partial charge in [0.25, 0.3) is 0 Å². The Labute approximate surface area is 126 Å². The molecule has 0 saturated carbocycles. The summed E-state index contributed by atoms with van der Waals surface area (Å²) in [6.45, 7) is 5.41. The number of thioether (sulfide) groups is 1. The zero-order chi connectivity index (χ0) is 13.6. The van der Waals surface area contributed by atoms with Crippen LogP contribution in [0.1, 0.15) is 13.8 Å². The van der Waals surface area contributed by atoms with E-state index in [9.17, 15) is 4.79 Å². The number of carbonyl (C=O) groups is 1. The van der Waals surface area contributed by atoms with E-state index in [2.05, 4.69) is 13.8 Å². The van der Waals surface area contributed by atoms with Crippen molar-refractivity contribution in [1.82, 2.24) is 4.90 Å². The van der Waals surface area contributed by atoms with Gasteiger partial charge in [-0.1, -0.05) is 32.0 Å². The Morgan fingerprint density at radius 3 is 2.42 bits per heavy atom. The van der Waals surface area contributed by atoms with Crippen LogP contribution < -0.4 is 5.73 Å². The van der Waals surface area contributed by atoms with Crippen molar-refractivity contribution < 1.29 is 4.79 Å². The second-order valence-corrected chi connectivity index (χ2v) is 6.27. The minimum atomic E-state index is -0.0260. The van der Waals surface area contributed by atoms with E-state index < -0.39 is 0 Å². The van der Waals surface area contributed by atoms with Crippen LogP contribution in [-0.4, -0.2) is 36.7 Å². The molecule has 108 valence electrons. The Kier molecular flexibility index (Phi) is 8.14. The summed E-state index contributed by atoms with van der Waals surface area (Å²) in [6.07, 6.45) is 0. The third-order valence-electron chi connectivity index (χ3n) is 2.75. The summed E-state index contributed by atoms with van der Waals surface area (Å²) in [7, 11) is 1.84. The van der Waals surface area contributed by atoms with Crippen LogP contribution in [0.25, 0.3) is 0 Å². The lowest BCUT2D eigenvalue weighted by Crippen LogP contribution is -2.40. The van der Waals surface area contributed by atoms with Crippen molar-refractivity contribution in [3.8, 4) is 0 Å². The number of hydrogen-bond acceptors (Lipinski definition) is 3. The van der Waals surface area contributed by atoms with Crippen LogP contribution >= 0.6 is 24.2 Å². The SMILES string of the molecule is CN(CC(C)(C)CN)C(=O)CSc1ccccc1.Cl. The highest BCUT2D eigenvalue weighted by atomic mass is 35.5. The van der Waals surface area contributed by atoms with Crippen LogP contribution in [0.4, 0.5) is 0 Å². The summed E-state index contributed by atoms with van der Waals surface area (Å²) in [6, 6.07) is 9.97. The van der Waals surface area contributed by atoms with Crippen LogP contribution in [0.3, 0.4) is 0 Å². The van der Waals surface area contributed by atoms with Gasteiger partial charge in [0, 0.05) is 18.5 Å². The maximum Gasteiger partial charge on any atom is 0.232 e. The molecule has 0 fully saturated rings. The first-order valence-corrected chi connectivity index (χ1v) is 7.05. The maximum atomic E-state index is 12.0. The van der Waals surface area contributed by atoms with Crippen LogP contribution in [0, 0.1) is 5.41 Å². The second kappa shape index (κ2) is 8.46. The van der Waals surface area contributed by atoms with Gasteiger partial charge in [-0.3, -0.25) is 4.79 Å². The summed E-state index contributed by atoms with van der Waals surface area (Å²) in [5, 5.41) is 0. The fourth-order valence-corrected chi connectivity index (χ4v) is 2.43. The average molecular weight is 303 g/mol. The summed E-state index contributed by atoms with van der Waals surface area (Å²) >= 11 is 1.57. The molecule has 0 aliphatic heterocycles. The monoisotopic (exact) mass is 302 g/mol. The number of carbonyl (C=O) groups excluding carboxylic acids is 1. The van der Waals surface area contributed by atoms with Crippen LogP contribution in [0.15, 0.2) is 35.2 Å². The first-order chi connectivity index (χ1) is 8.44. The molecule has 0 heterocycles. The van der Waals surface area contributed by atoms with Crippen LogP contribution in [0.5, 0.6) is 0 Å². The van der Waals surface area contributed by atoms with Gasteiger partial charge >= 0.3 is 0 Å². The molecule has 0 atom stereocenters. The molecule has 3 nitrogen and oxygen atoms in total. The molecule has 0 saturated heterocycles. The minimum Gasteiger partial charge on any atom is -0.344 e. The highest BCUT2D eigenvalue weighted by Gasteiger charge is 2.20. The van der Waals surface area contributed by atoms with E-state index in [1.54, 1.807) is 16.7 Å². The molecule has 5 heteroatoms. The molecule has 0 spiro atoms. The van der Waals surface area contributed by atoms with E-state index in [4.69, 9.17) is 5.73 Å². The smallest absolute Gasteiger partial charge is 0.232 e. The van der Waals surface area contributed by atoms with Crippen LogP contribution in [0.2, 0.25) is 0 Å². The molecule has 0 bridgehead atoms. The summed E-state index contributed by atoms with van der Waals surface area (Å²) < 4.78 is 0. The van der Waals surface area contributed by atoms with Gasteiger partial charge in [-0.2, -0.15) is 0 Å². The molecule has 0 aromatic heterocycles. The molecule has 0 unspecified atom stereocenters. The predicted octanol–water partition coefficient (Wildman–Crippen LogP) is 2.64. The van der Waals surface area contributed by atoms with Gasteiger partial charge in [-0.15, -0.1) is 24.2 Å². The largest absolute Gasteiger partial charge is 0.344 e. The van der Waals surface area contributed by atoms with Crippen molar-refractivity contribution in [2.24, 2.45) is 11.1 Å². The van der Waals surface area contributed by atoms with E-state index in [-0.39, 0.29) is 23.7 Å². The number of benzene rings is 1. The summed E-state index contributed by atoms with van der Waals surface area (Å²) in [5.41, 5.74) is 5.65. The van der Waals surface area contributed by atoms with Crippen molar-refractivity contribution in [2.45, 2.75) is 18.7 Å². The molecular formula is C14H23ClN2OS. The Morgan fingerprint density at radius 1 is 1.32 bits per heavy atom. The Balaban J connectivity index is 0.00000324. The van der Waals surface area contributed by atoms with E-state index >= 15 is 0 Å². The Bertz CT molecular complexity index is 384. The van der Waals surface area contributed by atoms with E-state index in [0.717, 1.165) is 4.90 Å². The number of nitrogens with two attached hydrogens (primary N) is 1. The van der Waals surface area contributed by atoms with Crippen molar-refractivity contribution in [1.29, 1.82) is 0 Å². The van der Waals surface area contributed by atoms with Crippen molar-refractivity contribution >= 4 is 30.1 Å². The zero-order valence-electron chi connectivity index (χ0n) is 11.8. The van der Waals surface area contributed by atoms with Gasteiger partial charge in [-0.05, 0) is 24.1 Å². The Hall–Kier alpha value is -0.710. The van der Waals surface area contributed by atoms with Gasteiger partial charge in [0.05, 0.1) is 5.75 Å². The standard InChI is InChI=1S/C14H22N2OS.ClH/c1-14(2,10-15)11-16(3)13(17)9-18-12-7-5-4-6-8-12;/h4-8H,9-11,15H2,1-3H3;1H. The zero-order valence-corrected chi connectivity index (χ0v) is 13.4. The lowest BCUT2D eigenvalue weighted by Gasteiger charge is -2.29. The Morgan fingerprint density at radius 2 is 1.89 bits per heavy atom. The molecule has 2 N–H and O–H groups in total. The van der Waals surface area contributed by atoms with Gasteiger partial charge < -0.3 is 10.6 Å². The average Bonchev–Trinajstić information content (AvgIpc) is 2.36. The van der Waals surface area contributed by atoms with Crippen molar-refractivity contribution in [2.75, 3.05) is 25.9 Å². The molecule has 1 aromatic rings. The second-order valence-electron chi connectivity index (χ2n) is 5.22. The topological polar surface area (TPSA) is 46.3 Å². The number of nitrogens with zero attached hydrogens (tertiary/aromatic N) is 1. The molecule has 1 amide bonds. The van der Waals surface area contributed by atoms with E-state index in [1.165, 1.54) is 0 Å². The number of amides is 1. The molecule has 0 aliphatic rings. The third kappa shape index (κ3) is 6.85. The molecular weight excluding hydrogens is 280 g/mol. The summed E-state index contributed by atoms with van der Waals surface area (Å²) in [4.78, 5) is 14.9. The number of halogens is 1. The normalized spacial score (nSPS) is 10.7. The first kappa shape index (κ1) is 18.3. The lowest BCUT2D eigenvalue weighted by atomic mass is 9.93. The van der Waals surface area contributed by atoms with Crippen molar-refractivity contribution in [3.05, 3.63) is 30.3 Å². The molecule has 1 aromatic carbocycles. The predicted molar refractivity (Wildman–Crippen MR) is 84.9 cm³/mol. The first-order valence-electron chi connectivity index (χ1n) is 6.06. The van der Waals surface area contributed by atoms with Crippen molar-refractivity contribution in [3.63, 3.8) is 0 Å². The molecule has 0 aliphatic carbocycles. The molecule has 19 heavy (non-hydrogen) atoms. The summed E-state index contributed by atoms with van der Waals surface area (Å²) in [5.74, 6) is 0.617. The van der Waals surface area contributed by atoms with Gasteiger partial charge in [-0.25, -0.2) is 0 Å². The number of hydrogen-bond donors (Lipinski definition) is 1. The lowest BCUT2D eigenvalue weighted by molar-refractivity contribution is -0.128.